The Morgan fingerprint density at radius 1 is 0.971 bits per heavy atom. The zero-order valence-electron chi connectivity index (χ0n) is 19.5. The highest BCUT2D eigenvalue weighted by Crippen LogP contribution is 2.29. The van der Waals surface area contributed by atoms with E-state index in [1.807, 2.05) is 6.92 Å². The first-order valence-corrected chi connectivity index (χ1v) is 13.0. The van der Waals surface area contributed by atoms with Gasteiger partial charge in [0.1, 0.15) is 11.9 Å². The van der Waals surface area contributed by atoms with Gasteiger partial charge < -0.3 is 10.2 Å². The number of rotatable bonds is 5. The first-order chi connectivity index (χ1) is 16.2. The number of aryl methyl sites for hydroxylation is 2. The number of benzene rings is 2. The number of halogens is 1. The number of hydrogen-bond donors (Lipinski definition) is 1. The molecule has 182 valence electrons. The van der Waals surface area contributed by atoms with E-state index in [-0.39, 0.29) is 35.7 Å². The smallest absolute Gasteiger partial charge is 0.247 e. The van der Waals surface area contributed by atoms with E-state index in [0.717, 1.165) is 5.56 Å². The van der Waals surface area contributed by atoms with Crippen molar-refractivity contribution in [2.24, 2.45) is 5.92 Å². The van der Waals surface area contributed by atoms with Gasteiger partial charge in [-0.1, -0.05) is 23.8 Å². The average Bonchev–Trinajstić information content (AvgIpc) is 3.31. The van der Waals surface area contributed by atoms with Gasteiger partial charge in [0.2, 0.25) is 21.8 Å². The van der Waals surface area contributed by atoms with E-state index in [0.29, 0.717) is 43.5 Å². The van der Waals surface area contributed by atoms with Crippen LogP contribution in [0.3, 0.4) is 0 Å². The van der Waals surface area contributed by atoms with Crippen molar-refractivity contribution in [1.29, 1.82) is 0 Å². The Bertz CT molecular complexity index is 1180. The minimum Gasteiger partial charge on any atom is -0.330 e. The lowest BCUT2D eigenvalue weighted by atomic mass is 9.96. The molecule has 7 nitrogen and oxygen atoms in total. The van der Waals surface area contributed by atoms with Crippen LogP contribution in [0, 0.1) is 25.6 Å². The standard InChI is InChI=1S/C25H30FN3O4S/c1-17-5-9-21(10-6-17)34(32,33)28-14-11-19(12-15-28)25(31)29-13-3-4-23(29)24(30)27-20-8-7-18(2)22(26)16-20/h5-10,16,19,23H,3-4,11-15H2,1-2H3,(H,27,30). The van der Waals surface area contributed by atoms with Gasteiger partial charge in [0.05, 0.1) is 4.90 Å². The van der Waals surface area contributed by atoms with E-state index < -0.39 is 21.9 Å². The summed E-state index contributed by atoms with van der Waals surface area (Å²) >= 11 is 0. The van der Waals surface area contributed by atoms with Crippen LogP contribution >= 0.6 is 0 Å². The largest absolute Gasteiger partial charge is 0.330 e. The molecule has 2 heterocycles. The fourth-order valence-electron chi connectivity index (χ4n) is 4.64. The summed E-state index contributed by atoms with van der Waals surface area (Å²) in [4.78, 5) is 28.0. The van der Waals surface area contributed by atoms with Crippen molar-refractivity contribution in [3.8, 4) is 0 Å². The summed E-state index contributed by atoms with van der Waals surface area (Å²) in [6.07, 6.45) is 2.09. The maximum absolute atomic E-state index is 13.8. The summed E-state index contributed by atoms with van der Waals surface area (Å²) in [5.41, 5.74) is 1.84. The maximum Gasteiger partial charge on any atom is 0.247 e. The Balaban J connectivity index is 1.37. The summed E-state index contributed by atoms with van der Waals surface area (Å²) in [6.45, 7) is 4.56. The molecule has 1 N–H and O–H groups in total. The van der Waals surface area contributed by atoms with Crippen LogP contribution < -0.4 is 5.32 Å². The molecular weight excluding hydrogens is 457 g/mol. The van der Waals surface area contributed by atoms with Crippen LogP contribution in [0.2, 0.25) is 0 Å². The molecule has 0 aromatic heterocycles. The molecule has 0 radical (unpaired) electrons. The molecule has 0 spiro atoms. The van der Waals surface area contributed by atoms with Crippen molar-refractivity contribution >= 4 is 27.5 Å². The Hall–Kier alpha value is -2.78. The van der Waals surface area contributed by atoms with Crippen molar-refractivity contribution in [2.45, 2.75) is 50.5 Å². The third kappa shape index (κ3) is 5.00. The number of amides is 2. The van der Waals surface area contributed by atoms with Gasteiger partial charge in [-0.3, -0.25) is 9.59 Å². The monoisotopic (exact) mass is 487 g/mol. The molecule has 4 rings (SSSR count). The molecule has 9 heteroatoms. The number of piperidine rings is 1. The summed E-state index contributed by atoms with van der Waals surface area (Å²) in [5, 5.41) is 2.73. The van der Waals surface area contributed by atoms with Gasteiger partial charge in [-0.15, -0.1) is 0 Å². The summed E-state index contributed by atoms with van der Waals surface area (Å²) < 4.78 is 41.1. The molecular formula is C25H30FN3O4S. The van der Waals surface area contributed by atoms with Crippen LogP contribution in [0.15, 0.2) is 47.4 Å². The second-order valence-electron chi connectivity index (χ2n) is 9.13. The second kappa shape index (κ2) is 9.84. The third-order valence-electron chi connectivity index (χ3n) is 6.74. The molecule has 0 saturated carbocycles. The van der Waals surface area contributed by atoms with E-state index in [1.54, 1.807) is 48.2 Å². The molecule has 2 aromatic rings. The van der Waals surface area contributed by atoms with Crippen molar-refractivity contribution in [3.63, 3.8) is 0 Å². The quantitative estimate of drug-likeness (QED) is 0.700. The predicted octanol–water partition coefficient (Wildman–Crippen LogP) is 3.47. The number of carbonyl (C=O) groups is 2. The van der Waals surface area contributed by atoms with Crippen LogP contribution in [0.5, 0.6) is 0 Å². The van der Waals surface area contributed by atoms with Gasteiger partial charge >= 0.3 is 0 Å². The van der Waals surface area contributed by atoms with Crippen LogP contribution in [0.1, 0.15) is 36.8 Å². The van der Waals surface area contributed by atoms with E-state index in [9.17, 15) is 22.4 Å². The van der Waals surface area contributed by atoms with E-state index >= 15 is 0 Å². The number of anilines is 1. The third-order valence-corrected chi connectivity index (χ3v) is 8.65. The lowest BCUT2D eigenvalue weighted by molar-refractivity contribution is -0.141. The molecule has 0 bridgehead atoms. The number of likely N-dealkylation sites (tertiary alicyclic amines) is 1. The number of sulfonamides is 1. The van der Waals surface area contributed by atoms with E-state index in [4.69, 9.17) is 0 Å². The highest BCUT2D eigenvalue weighted by atomic mass is 32.2. The number of nitrogens with zero attached hydrogens (tertiary/aromatic N) is 2. The zero-order chi connectivity index (χ0) is 24.5. The van der Waals surface area contributed by atoms with Crippen molar-refractivity contribution in [3.05, 3.63) is 59.4 Å². The molecule has 2 fully saturated rings. The Kier molecular flexibility index (Phi) is 7.04. The Morgan fingerprint density at radius 3 is 2.29 bits per heavy atom. The predicted molar refractivity (Wildman–Crippen MR) is 127 cm³/mol. The van der Waals surface area contributed by atoms with Gasteiger partial charge in [-0.25, -0.2) is 12.8 Å². The van der Waals surface area contributed by atoms with Crippen LogP contribution in [0.25, 0.3) is 0 Å². The topological polar surface area (TPSA) is 86.8 Å². The first kappa shape index (κ1) is 24.3. The van der Waals surface area contributed by atoms with Crippen LogP contribution in [0.4, 0.5) is 10.1 Å². The highest BCUT2D eigenvalue weighted by Gasteiger charge is 2.39. The molecule has 1 unspecified atom stereocenters. The Labute approximate surface area is 200 Å². The normalized spacial score (nSPS) is 19.9. The average molecular weight is 488 g/mol. The molecule has 2 saturated heterocycles. The van der Waals surface area contributed by atoms with Gasteiger partial charge in [-0.05, 0) is 69.4 Å². The second-order valence-corrected chi connectivity index (χ2v) is 11.1. The lowest BCUT2D eigenvalue weighted by Gasteiger charge is -2.34. The van der Waals surface area contributed by atoms with Gasteiger partial charge in [-0.2, -0.15) is 4.31 Å². The minimum atomic E-state index is -3.60. The number of nitrogens with one attached hydrogen (secondary N) is 1. The molecule has 2 aliphatic heterocycles. The van der Waals surface area contributed by atoms with Crippen molar-refractivity contribution < 1.29 is 22.4 Å². The number of hydrogen-bond acceptors (Lipinski definition) is 4. The molecule has 0 aliphatic carbocycles. The fourth-order valence-corrected chi connectivity index (χ4v) is 6.11. The van der Waals surface area contributed by atoms with Crippen LogP contribution in [-0.4, -0.2) is 55.1 Å². The van der Waals surface area contributed by atoms with Crippen LogP contribution in [-0.2, 0) is 19.6 Å². The minimum absolute atomic E-state index is 0.111. The first-order valence-electron chi connectivity index (χ1n) is 11.6. The van der Waals surface area contributed by atoms with Gasteiger partial charge in [0.15, 0.2) is 0 Å². The summed E-state index contributed by atoms with van der Waals surface area (Å²) in [6, 6.07) is 10.7. The Morgan fingerprint density at radius 2 is 1.65 bits per heavy atom. The zero-order valence-corrected chi connectivity index (χ0v) is 20.3. The SMILES string of the molecule is Cc1ccc(S(=O)(=O)N2CCC(C(=O)N3CCCC3C(=O)Nc3ccc(C)c(F)c3)CC2)cc1. The van der Waals surface area contributed by atoms with E-state index in [1.165, 1.54) is 10.4 Å². The highest BCUT2D eigenvalue weighted by molar-refractivity contribution is 7.89. The summed E-state index contributed by atoms with van der Waals surface area (Å²) in [7, 11) is -3.60. The fraction of sp³-hybridized carbons (Fsp3) is 0.440. The van der Waals surface area contributed by atoms with Crippen molar-refractivity contribution in [1.82, 2.24) is 9.21 Å². The van der Waals surface area contributed by atoms with Gasteiger partial charge in [0, 0.05) is 31.2 Å². The maximum atomic E-state index is 13.8. The molecule has 2 aromatic carbocycles. The number of carbonyl (C=O) groups excluding carboxylic acids is 2. The molecule has 2 aliphatic rings. The van der Waals surface area contributed by atoms with Crippen molar-refractivity contribution in [2.75, 3.05) is 25.0 Å². The molecule has 2 amide bonds. The van der Waals surface area contributed by atoms with E-state index in [2.05, 4.69) is 5.32 Å². The lowest BCUT2D eigenvalue weighted by Crippen LogP contribution is -2.48. The molecule has 1 atom stereocenters. The van der Waals surface area contributed by atoms with Gasteiger partial charge in [0.25, 0.3) is 0 Å². The molecule has 34 heavy (non-hydrogen) atoms. The summed E-state index contributed by atoms with van der Waals surface area (Å²) in [5.74, 6) is -1.16.